The highest BCUT2D eigenvalue weighted by Crippen LogP contribution is 2.19. The zero-order chi connectivity index (χ0) is 20.1. The van der Waals surface area contributed by atoms with Crippen molar-refractivity contribution in [1.29, 1.82) is 0 Å². The van der Waals surface area contributed by atoms with Gasteiger partial charge in [-0.1, -0.05) is 67.9 Å². The number of halogens is 2. The Bertz CT molecular complexity index is 713. The van der Waals surface area contributed by atoms with Crippen molar-refractivity contribution in [3.63, 3.8) is 0 Å². The molecular formula is C25H34Cl2N2. The molecule has 0 saturated heterocycles. The lowest BCUT2D eigenvalue weighted by atomic mass is 10.1. The van der Waals surface area contributed by atoms with Crippen LogP contribution in [0, 0.1) is 0 Å². The van der Waals surface area contributed by atoms with Gasteiger partial charge in [-0.05, 0) is 42.8 Å². The molecule has 2 aromatic carbocycles. The van der Waals surface area contributed by atoms with Crippen LogP contribution in [0.3, 0.4) is 0 Å². The molecule has 0 heterocycles. The molecule has 2 aromatic rings. The Morgan fingerprint density at radius 2 is 1.72 bits per heavy atom. The molecule has 0 aliphatic heterocycles. The Balaban J connectivity index is 0.00000420. The Kier molecular flexibility index (Phi) is 12.5. The van der Waals surface area contributed by atoms with Gasteiger partial charge in [-0.25, -0.2) is 0 Å². The number of unbranched alkanes of at least 4 members (excludes halogenated alkanes) is 1. The van der Waals surface area contributed by atoms with Crippen LogP contribution in [0.25, 0.3) is 0 Å². The maximum Gasteiger partial charge on any atom is 0.105 e. The molecule has 0 spiro atoms. The molecular weight excluding hydrogens is 399 g/mol. The van der Waals surface area contributed by atoms with Crippen LogP contribution < -0.4 is 17.7 Å². The van der Waals surface area contributed by atoms with Crippen molar-refractivity contribution in [2.45, 2.75) is 32.7 Å². The van der Waals surface area contributed by atoms with E-state index in [4.69, 9.17) is 11.6 Å². The SMILES string of the molecule is C=CC[N+](CC=CCCC)(CCCNc1ccccc1)Cc1ccc(Cl)cc1.[Cl-]. The molecule has 29 heavy (non-hydrogen) atoms. The lowest BCUT2D eigenvalue weighted by Crippen LogP contribution is -3.00. The first kappa shape index (κ1) is 25.3. The molecule has 2 nitrogen and oxygen atoms in total. The van der Waals surface area contributed by atoms with Gasteiger partial charge in [0.25, 0.3) is 0 Å². The summed E-state index contributed by atoms with van der Waals surface area (Å²) in [6.07, 6.45) is 10.2. The number of anilines is 1. The number of quaternary nitrogens is 1. The van der Waals surface area contributed by atoms with Gasteiger partial charge in [0.05, 0.1) is 19.6 Å². The summed E-state index contributed by atoms with van der Waals surface area (Å²) in [6, 6.07) is 18.7. The van der Waals surface area contributed by atoms with Crippen LogP contribution in [0.5, 0.6) is 0 Å². The highest BCUT2D eigenvalue weighted by molar-refractivity contribution is 6.30. The Morgan fingerprint density at radius 3 is 2.38 bits per heavy atom. The highest BCUT2D eigenvalue weighted by Gasteiger charge is 2.25. The minimum Gasteiger partial charge on any atom is -1.00 e. The third-order valence-corrected chi connectivity index (χ3v) is 5.23. The molecule has 0 saturated carbocycles. The maximum atomic E-state index is 6.08. The van der Waals surface area contributed by atoms with Gasteiger partial charge in [-0.2, -0.15) is 0 Å². The molecule has 0 aromatic heterocycles. The predicted octanol–water partition coefficient (Wildman–Crippen LogP) is 3.71. The molecule has 0 aliphatic rings. The quantitative estimate of drug-likeness (QED) is 0.289. The summed E-state index contributed by atoms with van der Waals surface area (Å²) in [5.74, 6) is 0. The summed E-state index contributed by atoms with van der Waals surface area (Å²) in [5, 5.41) is 4.33. The van der Waals surface area contributed by atoms with E-state index in [-0.39, 0.29) is 12.4 Å². The Labute approximate surface area is 188 Å². The van der Waals surface area contributed by atoms with E-state index in [1.54, 1.807) is 0 Å². The van der Waals surface area contributed by atoms with E-state index >= 15 is 0 Å². The van der Waals surface area contributed by atoms with Gasteiger partial charge in [-0.3, -0.25) is 0 Å². The predicted molar refractivity (Wildman–Crippen MR) is 124 cm³/mol. The number of benzene rings is 2. The number of allylic oxidation sites excluding steroid dienone is 1. The number of hydrogen-bond donors (Lipinski definition) is 1. The van der Waals surface area contributed by atoms with E-state index in [2.05, 4.69) is 73.4 Å². The topological polar surface area (TPSA) is 12.0 Å². The van der Waals surface area contributed by atoms with Crippen molar-refractivity contribution < 1.29 is 16.9 Å². The largest absolute Gasteiger partial charge is 1.00 e. The number of nitrogens with one attached hydrogen (secondary N) is 1. The van der Waals surface area contributed by atoms with E-state index in [0.717, 1.165) is 55.1 Å². The summed E-state index contributed by atoms with van der Waals surface area (Å²) in [7, 11) is 0. The zero-order valence-corrected chi connectivity index (χ0v) is 19.0. The second-order valence-electron chi connectivity index (χ2n) is 7.41. The van der Waals surface area contributed by atoms with Gasteiger partial charge in [0.1, 0.15) is 6.54 Å². The van der Waals surface area contributed by atoms with Crippen molar-refractivity contribution >= 4 is 17.3 Å². The van der Waals surface area contributed by atoms with Crippen LogP contribution in [0.4, 0.5) is 5.69 Å². The molecule has 1 N–H and O–H groups in total. The van der Waals surface area contributed by atoms with Crippen LogP contribution in [-0.4, -0.2) is 30.7 Å². The number of para-hydroxylation sites is 1. The van der Waals surface area contributed by atoms with E-state index < -0.39 is 0 Å². The standard InChI is InChI=1S/C25H34ClN2.ClH/c1-3-5-6-10-20-28(19-4-2,22-23-14-16-24(26)17-15-23)21-11-18-27-25-12-8-7-9-13-25;/h4,6-10,12-17,27H,2-3,5,11,18-22H2,1H3;1H/q+1;/p-1. The lowest BCUT2D eigenvalue weighted by molar-refractivity contribution is -0.930. The number of rotatable bonds is 13. The zero-order valence-electron chi connectivity index (χ0n) is 17.5. The number of nitrogens with zero attached hydrogens (tertiary/aromatic N) is 1. The number of hydrogen-bond acceptors (Lipinski definition) is 1. The van der Waals surface area contributed by atoms with E-state index in [1.807, 2.05) is 18.2 Å². The molecule has 158 valence electrons. The monoisotopic (exact) mass is 432 g/mol. The smallest absolute Gasteiger partial charge is 0.105 e. The fourth-order valence-electron chi connectivity index (χ4n) is 3.50. The van der Waals surface area contributed by atoms with Gasteiger partial charge >= 0.3 is 0 Å². The van der Waals surface area contributed by atoms with Crippen molar-refractivity contribution in [3.8, 4) is 0 Å². The average molecular weight is 433 g/mol. The third-order valence-electron chi connectivity index (χ3n) is 4.97. The first-order valence-corrected chi connectivity index (χ1v) is 10.7. The third kappa shape index (κ3) is 9.54. The summed E-state index contributed by atoms with van der Waals surface area (Å²) < 4.78 is 0.988. The van der Waals surface area contributed by atoms with E-state index in [0.29, 0.717) is 0 Å². The van der Waals surface area contributed by atoms with Gasteiger partial charge in [-0.15, -0.1) is 0 Å². The molecule has 0 radical (unpaired) electrons. The van der Waals surface area contributed by atoms with Gasteiger partial charge in [0.15, 0.2) is 0 Å². The van der Waals surface area contributed by atoms with Crippen LogP contribution in [0.2, 0.25) is 5.02 Å². The minimum absolute atomic E-state index is 0. The summed E-state index contributed by atoms with van der Waals surface area (Å²) in [6.45, 7) is 11.3. The maximum absolute atomic E-state index is 6.08. The van der Waals surface area contributed by atoms with Crippen LogP contribution in [0.15, 0.2) is 79.4 Å². The first-order valence-electron chi connectivity index (χ1n) is 10.3. The molecule has 2 rings (SSSR count). The first-order chi connectivity index (χ1) is 13.7. The van der Waals surface area contributed by atoms with Gasteiger partial charge < -0.3 is 22.2 Å². The Hall–Kier alpha value is -1.74. The van der Waals surface area contributed by atoms with Crippen molar-refractivity contribution in [2.24, 2.45) is 0 Å². The fraction of sp³-hybridized carbons (Fsp3) is 0.360. The van der Waals surface area contributed by atoms with E-state index in [9.17, 15) is 0 Å². The molecule has 4 heteroatoms. The summed E-state index contributed by atoms with van der Waals surface area (Å²) in [4.78, 5) is 0. The molecule has 1 atom stereocenters. The molecule has 1 unspecified atom stereocenters. The Morgan fingerprint density at radius 1 is 1.00 bits per heavy atom. The highest BCUT2D eigenvalue weighted by atomic mass is 35.5. The van der Waals surface area contributed by atoms with Crippen molar-refractivity contribution in [3.05, 3.63) is 90.0 Å². The summed E-state index contributed by atoms with van der Waals surface area (Å²) >= 11 is 6.08. The van der Waals surface area contributed by atoms with Crippen LogP contribution in [-0.2, 0) is 6.54 Å². The lowest BCUT2D eigenvalue weighted by Gasteiger charge is -2.37. The van der Waals surface area contributed by atoms with Gasteiger partial charge in [0.2, 0.25) is 0 Å². The van der Waals surface area contributed by atoms with E-state index in [1.165, 1.54) is 17.7 Å². The second-order valence-corrected chi connectivity index (χ2v) is 7.85. The van der Waals surface area contributed by atoms with Crippen LogP contribution in [0.1, 0.15) is 31.7 Å². The van der Waals surface area contributed by atoms with Crippen molar-refractivity contribution in [1.82, 2.24) is 0 Å². The summed E-state index contributed by atoms with van der Waals surface area (Å²) in [5.41, 5.74) is 2.51. The molecule has 0 amide bonds. The minimum atomic E-state index is 0. The van der Waals surface area contributed by atoms with Crippen molar-refractivity contribution in [2.75, 3.05) is 31.5 Å². The van der Waals surface area contributed by atoms with Gasteiger partial charge in [0, 0.05) is 29.2 Å². The molecule has 0 bridgehead atoms. The van der Waals surface area contributed by atoms with Crippen LogP contribution >= 0.6 is 11.6 Å². The molecule has 0 aliphatic carbocycles. The molecule has 0 fully saturated rings. The fourth-order valence-corrected chi connectivity index (χ4v) is 3.63. The second kappa shape index (κ2) is 14.3. The average Bonchev–Trinajstić information content (AvgIpc) is 2.71. The normalized spacial score (nSPS) is 12.9.